The Hall–Kier alpha value is -2.34. The molecule has 0 spiro atoms. The molecular weight excluding hydrogens is 288 g/mol. The fourth-order valence-electron chi connectivity index (χ4n) is 2.77. The van der Waals surface area contributed by atoms with E-state index in [9.17, 15) is 0 Å². The molecule has 0 radical (unpaired) electrons. The fourth-order valence-corrected chi connectivity index (χ4v) is 2.77. The molecule has 0 aliphatic carbocycles. The average molecular weight is 316 g/mol. The maximum Gasteiger partial charge on any atom is -0.00990 e. The standard InChI is InChI=1S/C18H12.C4H10.C2H6/c1-3-7-15-13(5-1)9-11-18-16-8-4-2-6-14(16)10-12-17(15)18;1-3-4-2;1-2/h1-12H;3-4H2,1-2H3;1-2H3. The SMILES string of the molecule is CC.CCCC.c1ccc2c(c1)ccc1c3ccccc3ccc21. The molecule has 4 rings (SSSR count). The first-order chi connectivity index (χ1) is 11.8. The largest absolute Gasteiger partial charge is 0.0683 e. The molecule has 0 atom stereocenters. The molecule has 124 valence electrons. The minimum atomic E-state index is 1.31. The Bertz CT molecular complexity index is 826. The van der Waals surface area contributed by atoms with Gasteiger partial charge in [-0.15, -0.1) is 0 Å². The first-order valence-corrected chi connectivity index (χ1v) is 9.14. The van der Waals surface area contributed by atoms with E-state index in [-0.39, 0.29) is 0 Å². The highest BCUT2D eigenvalue weighted by molar-refractivity contribution is 6.17. The van der Waals surface area contributed by atoms with Gasteiger partial charge in [0.05, 0.1) is 0 Å². The van der Waals surface area contributed by atoms with Crippen LogP contribution in [0.3, 0.4) is 0 Å². The van der Waals surface area contributed by atoms with E-state index in [1.165, 1.54) is 45.2 Å². The summed E-state index contributed by atoms with van der Waals surface area (Å²) in [6.45, 7) is 8.36. The van der Waals surface area contributed by atoms with Crippen LogP contribution >= 0.6 is 0 Å². The van der Waals surface area contributed by atoms with Crippen molar-refractivity contribution in [3.05, 3.63) is 72.8 Å². The normalized spacial score (nSPS) is 10.0. The van der Waals surface area contributed by atoms with E-state index >= 15 is 0 Å². The van der Waals surface area contributed by atoms with Gasteiger partial charge in [-0.3, -0.25) is 0 Å². The van der Waals surface area contributed by atoms with Crippen LogP contribution in [-0.4, -0.2) is 0 Å². The second-order valence-electron chi connectivity index (χ2n) is 5.67. The van der Waals surface area contributed by atoms with Gasteiger partial charge in [0.2, 0.25) is 0 Å². The Morgan fingerprint density at radius 2 is 0.833 bits per heavy atom. The molecule has 4 aromatic carbocycles. The van der Waals surface area contributed by atoms with E-state index in [1.807, 2.05) is 13.8 Å². The number of benzene rings is 4. The highest BCUT2D eigenvalue weighted by Gasteiger charge is 2.03. The summed E-state index contributed by atoms with van der Waals surface area (Å²) in [6, 6.07) is 26.0. The van der Waals surface area contributed by atoms with Crippen molar-refractivity contribution in [3.63, 3.8) is 0 Å². The lowest BCUT2D eigenvalue weighted by Crippen LogP contribution is -1.79. The molecular formula is C24H28. The Morgan fingerprint density at radius 1 is 0.458 bits per heavy atom. The maximum atomic E-state index is 2.24. The van der Waals surface area contributed by atoms with E-state index in [2.05, 4.69) is 86.6 Å². The van der Waals surface area contributed by atoms with Crippen molar-refractivity contribution >= 4 is 32.3 Å². The molecule has 0 N–H and O–H groups in total. The number of hydrogen-bond acceptors (Lipinski definition) is 0. The molecule has 0 unspecified atom stereocenters. The smallest absolute Gasteiger partial charge is 0.00990 e. The zero-order valence-electron chi connectivity index (χ0n) is 15.3. The maximum absolute atomic E-state index is 2.24. The van der Waals surface area contributed by atoms with E-state index in [1.54, 1.807) is 0 Å². The van der Waals surface area contributed by atoms with E-state index in [0.717, 1.165) is 0 Å². The predicted octanol–water partition coefficient (Wildman–Crippen LogP) is 7.98. The lowest BCUT2D eigenvalue weighted by Gasteiger charge is -2.07. The van der Waals surface area contributed by atoms with Crippen molar-refractivity contribution in [2.45, 2.75) is 40.5 Å². The molecule has 0 aliphatic rings. The summed E-state index contributed by atoms with van der Waals surface area (Å²) in [5, 5.41) is 7.96. The molecule has 0 bridgehead atoms. The van der Waals surface area contributed by atoms with Crippen LogP contribution in [0, 0.1) is 0 Å². The van der Waals surface area contributed by atoms with Crippen molar-refractivity contribution in [3.8, 4) is 0 Å². The summed E-state index contributed by atoms with van der Waals surface area (Å²) in [5.41, 5.74) is 0. The Morgan fingerprint density at radius 3 is 1.21 bits per heavy atom. The number of hydrogen-bond donors (Lipinski definition) is 0. The summed E-state index contributed by atoms with van der Waals surface area (Å²) >= 11 is 0. The predicted molar refractivity (Wildman–Crippen MR) is 111 cm³/mol. The summed E-state index contributed by atoms with van der Waals surface area (Å²) in [7, 11) is 0. The first kappa shape index (κ1) is 18.0. The molecule has 0 fully saturated rings. The summed E-state index contributed by atoms with van der Waals surface area (Å²) in [6.07, 6.45) is 2.64. The van der Waals surface area contributed by atoms with Gasteiger partial charge < -0.3 is 0 Å². The third-order valence-corrected chi connectivity index (χ3v) is 4.15. The van der Waals surface area contributed by atoms with Gasteiger partial charge in [-0.05, 0) is 32.3 Å². The third-order valence-electron chi connectivity index (χ3n) is 4.15. The highest BCUT2D eigenvalue weighted by Crippen LogP contribution is 2.30. The second kappa shape index (κ2) is 9.08. The van der Waals surface area contributed by atoms with Crippen LogP contribution in [0.5, 0.6) is 0 Å². The Labute approximate surface area is 146 Å². The van der Waals surface area contributed by atoms with Gasteiger partial charge in [0.1, 0.15) is 0 Å². The zero-order chi connectivity index (χ0) is 17.4. The van der Waals surface area contributed by atoms with Crippen LogP contribution in [0.4, 0.5) is 0 Å². The van der Waals surface area contributed by atoms with Crippen LogP contribution in [0.2, 0.25) is 0 Å². The molecule has 4 aromatic rings. The fraction of sp³-hybridized carbons (Fsp3) is 0.250. The molecule has 0 saturated carbocycles. The zero-order valence-corrected chi connectivity index (χ0v) is 15.3. The van der Waals surface area contributed by atoms with Crippen LogP contribution in [0.1, 0.15) is 40.5 Å². The molecule has 0 aromatic heterocycles. The van der Waals surface area contributed by atoms with Gasteiger partial charge in [0.15, 0.2) is 0 Å². The minimum absolute atomic E-state index is 1.31. The van der Waals surface area contributed by atoms with Gasteiger partial charge >= 0.3 is 0 Å². The van der Waals surface area contributed by atoms with Crippen molar-refractivity contribution in [2.75, 3.05) is 0 Å². The van der Waals surface area contributed by atoms with Gasteiger partial charge in [0.25, 0.3) is 0 Å². The van der Waals surface area contributed by atoms with Gasteiger partial charge in [-0.2, -0.15) is 0 Å². The second-order valence-corrected chi connectivity index (χ2v) is 5.67. The summed E-state index contributed by atoms with van der Waals surface area (Å²) in [5.74, 6) is 0. The van der Waals surface area contributed by atoms with Gasteiger partial charge in [0, 0.05) is 0 Å². The number of rotatable bonds is 1. The van der Waals surface area contributed by atoms with Crippen molar-refractivity contribution in [1.29, 1.82) is 0 Å². The van der Waals surface area contributed by atoms with E-state index in [4.69, 9.17) is 0 Å². The molecule has 0 nitrogen and oxygen atoms in total. The Balaban J connectivity index is 0.000000308. The highest BCUT2D eigenvalue weighted by atomic mass is 14.1. The van der Waals surface area contributed by atoms with E-state index < -0.39 is 0 Å². The molecule has 0 heterocycles. The topological polar surface area (TPSA) is 0 Å². The van der Waals surface area contributed by atoms with Gasteiger partial charge in [-0.1, -0.05) is 113 Å². The van der Waals surface area contributed by atoms with Crippen LogP contribution in [-0.2, 0) is 0 Å². The van der Waals surface area contributed by atoms with Crippen LogP contribution < -0.4 is 0 Å². The number of fused-ring (bicyclic) bond motifs is 5. The monoisotopic (exact) mass is 316 g/mol. The van der Waals surface area contributed by atoms with Crippen molar-refractivity contribution in [2.24, 2.45) is 0 Å². The van der Waals surface area contributed by atoms with Crippen LogP contribution in [0.25, 0.3) is 32.3 Å². The van der Waals surface area contributed by atoms with E-state index in [0.29, 0.717) is 0 Å². The third kappa shape index (κ3) is 3.76. The average Bonchev–Trinajstić information content (AvgIpc) is 2.69. The Kier molecular flexibility index (Phi) is 6.81. The number of unbranched alkanes of at least 4 members (excludes halogenated alkanes) is 1. The van der Waals surface area contributed by atoms with Crippen molar-refractivity contribution < 1.29 is 0 Å². The van der Waals surface area contributed by atoms with Crippen LogP contribution in [0.15, 0.2) is 72.8 Å². The minimum Gasteiger partial charge on any atom is -0.0683 e. The molecule has 0 aliphatic heterocycles. The molecule has 24 heavy (non-hydrogen) atoms. The molecule has 0 saturated heterocycles. The van der Waals surface area contributed by atoms with Crippen molar-refractivity contribution in [1.82, 2.24) is 0 Å². The lowest BCUT2D eigenvalue weighted by molar-refractivity contribution is 0.886. The molecule has 0 amide bonds. The quantitative estimate of drug-likeness (QED) is 0.312. The molecule has 0 heteroatoms. The lowest BCUT2D eigenvalue weighted by atomic mass is 9.97. The summed E-state index contributed by atoms with van der Waals surface area (Å²) < 4.78 is 0. The van der Waals surface area contributed by atoms with Gasteiger partial charge in [-0.25, -0.2) is 0 Å². The first-order valence-electron chi connectivity index (χ1n) is 9.14. The summed E-state index contributed by atoms with van der Waals surface area (Å²) in [4.78, 5) is 0.